The van der Waals surface area contributed by atoms with Crippen LogP contribution in [0, 0.1) is 0 Å². The van der Waals surface area contributed by atoms with E-state index in [1.54, 1.807) is 7.11 Å². The van der Waals surface area contributed by atoms with Gasteiger partial charge < -0.3 is 14.6 Å². The molecule has 0 aromatic rings. The third-order valence-corrected chi connectivity index (χ3v) is 1.63. The molecule has 3 heteroatoms. The number of hydrogen-bond acceptors (Lipinski definition) is 3. The molecule has 0 heterocycles. The second-order valence-electron chi connectivity index (χ2n) is 3.04. The summed E-state index contributed by atoms with van der Waals surface area (Å²) in [6.45, 7) is 4.85. The summed E-state index contributed by atoms with van der Waals surface area (Å²) < 4.78 is 10.1. The fourth-order valence-electron chi connectivity index (χ4n) is 1.01. The Bertz CT molecular complexity index is 83.8. The Labute approximate surface area is 74.7 Å². The smallest absolute Gasteiger partial charge is 0.101 e. The van der Waals surface area contributed by atoms with E-state index in [9.17, 15) is 5.11 Å². The lowest BCUT2D eigenvalue weighted by Gasteiger charge is -2.14. The van der Waals surface area contributed by atoms with E-state index >= 15 is 0 Å². The zero-order valence-electron chi connectivity index (χ0n) is 8.25. The van der Waals surface area contributed by atoms with Gasteiger partial charge in [0.25, 0.3) is 0 Å². The molecule has 2 atom stereocenters. The number of aliphatic hydroxyl groups is 1. The molecular weight excluding hydrogens is 156 g/mol. The molecule has 0 saturated heterocycles. The van der Waals surface area contributed by atoms with Crippen molar-refractivity contribution in [2.24, 2.45) is 0 Å². The quantitative estimate of drug-likeness (QED) is 0.633. The molecule has 0 aromatic carbocycles. The summed E-state index contributed by atoms with van der Waals surface area (Å²) in [7, 11) is 1.57. The van der Waals surface area contributed by atoms with Gasteiger partial charge in [-0.3, -0.25) is 0 Å². The summed E-state index contributed by atoms with van der Waals surface area (Å²) in [4.78, 5) is 0. The van der Waals surface area contributed by atoms with Crippen LogP contribution in [0.5, 0.6) is 0 Å². The highest BCUT2D eigenvalue weighted by Gasteiger charge is 2.06. The average molecular weight is 176 g/mol. The van der Waals surface area contributed by atoms with Gasteiger partial charge in [0, 0.05) is 7.11 Å². The van der Waals surface area contributed by atoms with Crippen molar-refractivity contribution in [3.05, 3.63) is 0 Å². The Kier molecular flexibility index (Phi) is 7.45. The topological polar surface area (TPSA) is 38.7 Å². The summed E-state index contributed by atoms with van der Waals surface area (Å²) in [6.07, 6.45) is 1.90. The molecule has 0 rings (SSSR count). The van der Waals surface area contributed by atoms with E-state index in [0.717, 1.165) is 12.8 Å². The molecule has 0 aliphatic carbocycles. The summed E-state index contributed by atoms with van der Waals surface area (Å²) in [5.41, 5.74) is 0. The van der Waals surface area contributed by atoms with Crippen LogP contribution in [0.4, 0.5) is 0 Å². The normalized spacial score (nSPS) is 16.0. The Balaban J connectivity index is 3.27. The molecule has 0 aliphatic heterocycles. The van der Waals surface area contributed by atoms with E-state index in [2.05, 4.69) is 6.92 Å². The second-order valence-corrected chi connectivity index (χ2v) is 3.04. The van der Waals surface area contributed by atoms with Crippen molar-refractivity contribution in [3.63, 3.8) is 0 Å². The number of methoxy groups -OCH3 is 1. The van der Waals surface area contributed by atoms with Crippen LogP contribution in [0.1, 0.15) is 26.7 Å². The molecule has 0 aliphatic rings. The number of ether oxygens (including phenoxy) is 2. The molecule has 0 amide bonds. The largest absolute Gasteiger partial charge is 0.388 e. The predicted octanol–water partition coefficient (Wildman–Crippen LogP) is 1.20. The third-order valence-electron chi connectivity index (χ3n) is 1.63. The van der Waals surface area contributed by atoms with E-state index in [4.69, 9.17) is 9.47 Å². The Hall–Kier alpha value is -0.120. The molecule has 2 unspecified atom stereocenters. The van der Waals surface area contributed by atoms with Gasteiger partial charge in [-0.1, -0.05) is 13.3 Å². The summed E-state index contributed by atoms with van der Waals surface area (Å²) in [6, 6.07) is 0. The van der Waals surface area contributed by atoms with Gasteiger partial charge in [0.1, 0.15) is 6.10 Å². The highest BCUT2D eigenvalue weighted by Crippen LogP contribution is 2.01. The minimum atomic E-state index is -0.491. The maximum absolute atomic E-state index is 9.22. The van der Waals surface area contributed by atoms with Gasteiger partial charge in [-0.25, -0.2) is 0 Å². The third kappa shape index (κ3) is 6.58. The summed E-state index contributed by atoms with van der Waals surface area (Å²) >= 11 is 0. The van der Waals surface area contributed by atoms with Crippen molar-refractivity contribution < 1.29 is 14.6 Å². The van der Waals surface area contributed by atoms with Crippen molar-refractivity contribution in [1.82, 2.24) is 0 Å². The average Bonchev–Trinajstić information content (AvgIpc) is 2.02. The second kappa shape index (κ2) is 7.53. The van der Waals surface area contributed by atoms with Gasteiger partial charge in [-0.2, -0.15) is 0 Å². The van der Waals surface area contributed by atoms with Crippen LogP contribution in [0.25, 0.3) is 0 Å². The van der Waals surface area contributed by atoms with Crippen LogP contribution >= 0.6 is 0 Å². The van der Waals surface area contributed by atoms with Crippen molar-refractivity contribution >= 4 is 0 Å². The van der Waals surface area contributed by atoms with Crippen LogP contribution in [-0.2, 0) is 9.47 Å². The fourth-order valence-corrected chi connectivity index (χ4v) is 1.01. The lowest BCUT2D eigenvalue weighted by molar-refractivity contribution is -0.0329. The summed E-state index contributed by atoms with van der Waals surface area (Å²) in [5, 5.41) is 9.22. The maximum Gasteiger partial charge on any atom is 0.101 e. The van der Waals surface area contributed by atoms with E-state index < -0.39 is 6.10 Å². The molecule has 3 nitrogen and oxygen atoms in total. The molecule has 12 heavy (non-hydrogen) atoms. The maximum atomic E-state index is 9.22. The van der Waals surface area contributed by atoms with Crippen LogP contribution in [0.2, 0.25) is 0 Å². The summed E-state index contributed by atoms with van der Waals surface area (Å²) in [5.74, 6) is 0. The molecule has 0 fully saturated rings. The van der Waals surface area contributed by atoms with Gasteiger partial charge >= 0.3 is 0 Å². The van der Waals surface area contributed by atoms with Gasteiger partial charge in [0.2, 0.25) is 0 Å². The van der Waals surface area contributed by atoms with Crippen LogP contribution in [0.3, 0.4) is 0 Å². The Morgan fingerprint density at radius 3 is 2.50 bits per heavy atom. The van der Waals surface area contributed by atoms with Crippen molar-refractivity contribution in [2.45, 2.75) is 38.9 Å². The lowest BCUT2D eigenvalue weighted by Crippen LogP contribution is -2.23. The molecule has 0 bridgehead atoms. The zero-order chi connectivity index (χ0) is 9.40. The molecule has 0 aromatic heterocycles. The van der Waals surface area contributed by atoms with Crippen molar-refractivity contribution in [1.29, 1.82) is 0 Å². The monoisotopic (exact) mass is 176 g/mol. The number of rotatable bonds is 7. The minimum absolute atomic E-state index is 0.238. The first kappa shape index (κ1) is 11.9. The van der Waals surface area contributed by atoms with E-state index in [1.165, 1.54) is 0 Å². The zero-order valence-corrected chi connectivity index (χ0v) is 8.25. The van der Waals surface area contributed by atoms with Gasteiger partial charge in [-0.15, -0.1) is 0 Å². The highest BCUT2D eigenvalue weighted by atomic mass is 16.5. The molecule has 74 valence electrons. The van der Waals surface area contributed by atoms with Crippen LogP contribution in [0.15, 0.2) is 0 Å². The van der Waals surface area contributed by atoms with E-state index in [0.29, 0.717) is 13.2 Å². The molecule has 0 radical (unpaired) electrons. The first-order valence-electron chi connectivity index (χ1n) is 4.49. The first-order valence-corrected chi connectivity index (χ1v) is 4.49. The Morgan fingerprint density at radius 1 is 1.33 bits per heavy atom. The molecule has 0 saturated carbocycles. The number of aliphatic hydroxyl groups excluding tert-OH is 1. The van der Waals surface area contributed by atoms with Crippen molar-refractivity contribution in [3.8, 4) is 0 Å². The van der Waals surface area contributed by atoms with Crippen molar-refractivity contribution in [2.75, 3.05) is 20.3 Å². The van der Waals surface area contributed by atoms with E-state index in [-0.39, 0.29) is 6.10 Å². The standard InChI is InChI=1S/C9H20O3/c1-4-5-8(2)12-7-9(10)6-11-3/h8-10H,4-7H2,1-3H3. The molecular formula is C9H20O3. The lowest BCUT2D eigenvalue weighted by atomic mass is 10.2. The Morgan fingerprint density at radius 2 is 2.00 bits per heavy atom. The highest BCUT2D eigenvalue weighted by molar-refractivity contribution is 4.54. The predicted molar refractivity (Wildman–Crippen MR) is 48.2 cm³/mol. The SMILES string of the molecule is CCCC(C)OCC(O)COC. The van der Waals surface area contributed by atoms with Gasteiger partial charge in [0.15, 0.2) is 0 Å². The van der Waals surface area contributed by atoms with Gasteiger partial charge in [-0.05, 0) is 13.3 Å². The van der Waals surface area contributed by atoms with Crippen LogP contribution in [-0.4, -0.2) is 37.6 Å². The van der Waals surface area contributed by atoms with Crippen LogP contribution < -0.4 is 0 Å². The first-order chi connectivity index (χ1) is 5.70. The molecule has 1 N–H and O–H groups in total. The molecule has 0 spiro atoms. The van der Waals surface area contributed by atoms with E-state index in [1.807, 2.05) is 6.92 Å². The fraction of sp³-hybridized carbons (Fsp3) is 1.00. The van der Waals surface area contributed by atoms with Gasteiger partial charge in [0.05, 0.1) is 19.3 Å². The number of hydrogen-bond donors (Lipinski definition) is 1. The minimum Gasteiger partial charge on any atom is -0.388 e.